The van der Waals surface area contributed by atoms with Crippen LogP contribution in [0.2, 0.25) is 0 Å². The molecule has 0 aromatic heterocycles. The van der Waals surface area contributed by atoms with Crippen molar-refractivity contribution in [3.63, 3.8) is 0 Å². The Bertz CT molecular complexity index is 362. The molecule has 0 bridgehead atoms. The van der Waals surface area contributed by atoms with E-state index in [-0.39, 0.29) is 0 Å². The summed E-state index contributed by atoms with van der Waals surface area (Å²) >= 11 is 0. The van der Waals surface area contributed by atoms with Gasteiger partial charge in [0.1, 0.15) is 0 Å². The van der Waals surface area contributed by atoms with Crippen LogP contribution in [0, 0.1) is 0 Å². The van der Waals surface area contributed by atoms with Gasteiger partial charge in [-0.2, -0.15) is 5.01 Å². The summed E-state index contributed by atoms with van der Waals surface area (Å²) in [6.45, 7) is 0.594. The van der Waals surface area contributed by atoms with E-state index in [1.807, 2.05) is 30.3 Å². The number of amides is 1. The Labute approximate surface area is 81.6 Å². The van der Waals surface area contributed by atoms with Gasteiger partial charge in [0, 0.05) is 6.20 Å². The number of anilines is 1. The molecule has 0 spiro atoms. The predicted octanol–water partition coefficient (Wildman–Crippen LogP) is 1.92. The Hall–Kier alpha value is -1.97. The van der Waals surface area contributed by atoms with Gasteiger partial charge in [-0.05, 0) is 18.2 Å². The third kappa shape index (κ3) is 1.42. The van der Waals surface area contributed by atoms with Crippen LogP contribution in [0.3, 0.4) is 0 Å². The highest BCUT2D eigenvalue weighted by molar-refractivity contribution is 5.70. The minimum Gasteiger partial charge on any atom is -0.463 e. The van der Waals surface area contributed by atoms with E-state index in [9.17, 15) is 4.79 Å². The largest absolute Gasteiger partial charge is 0.463 e. The number of carbonyl (C=O) groups is 1. The third-order valence-corrected chi connectivity index (χ3v) is 2.04. The molecule has 0 unspecified atom stereocenters. The Balaban J connectivity index is 2.24. The molecule has 1 heterocycles. The number of nitrogens with zero attached hydrogens (tertiary/aromatic N) is 2. The first-order valence-corrected chi connectivity index (χ1v) is 4.30. The lowest BCUT2D eigenvalue weighted by Crippen LogP contribution is -2.38. The second kappa shape index (κ2) is 3.41. The minimum atomic E-state index is -0.970. The number of hydrogen-bond donors (Lipinski definition) is 1. The minimum absolute atomic E-state index is 0.594. The van der Waals surface area contributed by atoms with E-state index in [2.05, 4.69) is 0 Å². The topological polar surface area (TPSA) is 43.8 Å². The first-order valence-electron chi connectivity index (χ1n) is 4.30. The Morgan fingerprint density at radius 2 is 2.00 bits per heavy atom. The summed E-state index contributed by atoms with van der Waals surface area (Å²) in [5.74, 6) is 0. The molecule has 1 aliphatic heterocycles. The summed E-state index contributed by atoms with van der Waals surface area (Å²) in [4.78, 5) is 10.8. The van der Waals surface area contributed by atoms with Crippen LogP contribution in [0.5, 0.6) is 0 Å². The van der Waals surface area contributed by atoms with E-state index in [0.717, 1.165) is 5.69 Å². The number of rotatable bonds is 1. The van der Waals surface area contributed by atoms with E-state index in [1.54, 1.807) is 17.3 Å². The van der Waals surface area contributed by atoms with E-state index in [0.29, 0.717) is 6.54 Å². The van der Waals surface area contributed by atoms with Crippen LogP contribution < -0.4 is 5.01 Å². The lowest BCUT2D eigenvalue weighted by atomic mass is 10.3. The normalized spacial score (nSPS) is 14.9. The monoisotopic (exact) mass is 190 g/mol. The molecule has 0 radical (unpaired) electrons. The Kier molecular flexibility index (Phi) is 2.10. The molecule has 2 rings (SSSR count). The van der Waals surface area contributed by atoms with Gasteiger partial charge in [-0.3, -0.25) is 5.01 Å². The molecule has 0 saturated carbocycles. The number of carboxylic acid groups (broad SMARTS) is 1. The molecule has 14 heavy (non-hydrogen) atoms. The zero-order valence-corrected chi connectivity index (χ0v) is 7.50. The Morgan fingerprint density at radius 3 is 2.64 bits per heavy atom. The van der Waals surface area contributed by atoms with Gasteiger partial charge in [0.25, 0.3) is 0 Å². The lowest BCUT2D eigenvalue weighted by Gasteiger charge is -2.26. The summed E-state index contributed by atoms with van der Waals surface area (Å²) in [5.41, 5.74) is 0.875. The standard InChI is InChI=1S/C10H10N2O2/c13-10(14)12-8-4-7-11(12)9-5-2-1-3-6-9/h1-6,8H,7H2,(H,13,14). The first kappa shape index (κ1) is 8.62. The van der Waals surface area contributed by atoms with Crippen LogP contribution in [0.4, 0.5) is 10.5 Å². The summed E-state index contributed by atoms with van der Waals surface area (Å²) in [6, 6.07) is 9.42. The van der Waals surface area contributed by atoms with Crippen molar-refractivity contribution in [1.82, 2.24) is 5.01 Å². The molecule has 72 valence electrons. The lowest BCUT2D eigenvalue weighted by molar-refractivity contribution is 0.162. The van der Waals surface area contributed by atoms with E-state index < -0.39 is 6.09 Å². The van der Waals surface area contributed by atoms with Crippen molar-refractivity contribution < 1.29 is 9.90 Å². The summed E-state index contributed by atoms with van der Waals surface area (Å²) in [5, 5.41) is 11.7. The highest BCUT2D eigenvalue weighted by Gasteiger charge is 2.21. The average Bonchev–Trinajstić information content (AvgIpc) is 2.67. The highest BCUT2D eigenvalue weighted by atomic mass is 16.4. The fourth-order valence-electron chi connectivity index (χ4n) is 1.41. The van der Waals surface area contributed by atoms with E-state index in [1.165, 1.54) is 5.01 Å². The summed E-state index contributed by atoms with van der Waals surface area (Å²) < 4.78 is 0. The van der Waals surface area contributed by atoms with Crippen LogP contribution in [0.25, 0.3) is 0 Å². The maximum atomic E-state index is 10.8. The van der Waals surface area contributed by atoms with Crippen LogP contribution in [0.15, 0.2) is 42.6 Å². The molecule has 1 N–H and O–H groups in total. The number of benzene rings is 1. The second-order valence-corrected chi connectivity index (χ2v) is 2.93. The molecule has 0 saturated heterocycles. The van der Waals surface area contributed by atoms with Gasteiger partial charge in [0.15, 0.2) is 0 Å². The van der Waals surface area contributed by atoms with Gasteiger partial charge < -0.3 is 5.11 Å². The molecule has 0 atom stereocenters. The highest BCUT2D eigenvalue weighted by Crippen LogP contribution is 2.19. The van der Waals surface area contributed by atoms with Crippen LogP contribution in [-0.2, 0) is 0 Å². The van der Waals surface area contributed by atoms with Gasteiger partial charge >= 0.3 is 6.09 Å². The molecular weight excluding hydrogens is 180 g/mol. The van der Waals surface area contributed by atoms with Crippen molar-refractivity contribution in [2.24, 2.45) is 0 Å². The molecule has 4 heteroatoms. The molecule has 4 nitrogen and oxygen atoms in total. The van der Waals surface area contributed by atoms with Crippen molar-refractivity contribution in [3.8, 4) is 0 Å². The Morgan fingerprint density at radius 1 is 1.29 bits per heavy atom. The zero-order valence-electron chi connectivity index (χ0n) is 7.50. The third-order valence-electron chi connectivity index (χ3n) is 2.04. The van der Waals surface area contributed by atoms with Gasteiger partial charge in [-0.25, -0.2) is 4.79 Å². The fraction of sp³-hybridized carbons (Fsp3) is 0.100. The SMILES string of the molecule is O=C(O)N1C=CCN1c1ccccc1. The van der Waals surface area contributed by atoms with Crippen molar-refractivity contribution in [2.45, 2.75) is 0 Å². The van der Waals surface area contributed by atoms with Crippen molar-refractivity contribution in [2.75, 3.05) is 11.6 Å². The summed E-state index contributed by atoms with van der Waals surface area (Å²) in [7, 11) is 0. The molecule has 0 aliphatic carbocycles. The number of hydrazine groups is 1. The summed E-state index contributed by atoms with van der Waals surface area (Å²) in [6.07, 6.45) is 2.39. The van der Waals surface area contributed by atoms with Crippen LogP contribution in [-0.4, -0.2) is 22.8 Å². The fourth-order valence-corrected chi connectivity index (χ4v) is 1.41. The average molecular weight is 190 g/mol. The van der Waals surface area contributed by atoms with E-state index >= 15 is 0 Å². The first-order chi connectivity index (χ1) is 6.79. The zero-order chi connectivity index (χ0) is 9.97. The van der Waals surface area contributed by atoms with Crippen molar-refractivity contribution in [3.05, 3.63) is 42.6 Å². The van der Waals surface area contributed by atoms with Crippen LogP contribution >= 0.6 is 0 Å². The number of para-hydroxylation sites is 1. The van der Waals surface area contributed by atoms with Gasteiger partial charge in [-0.1, -0.05) is 18.2 Å². The van der Waals surface area contributed by atoms with E-state index in [4.69, 9.17) is 5.11 Å². The smallest absolute Gasteiger partial charge is 0.430 e. The predicted molar refractivity (Wildman–Crippen MR) is 52.8 cm³/mol. The van der Waals surface area contributed by atoms with Gasteiger partial charge in [0.05, 0.1) is 12.2 Å². The molecule has 1 aliphatic rings. The second-order valence-electron chi connectivity index (χ2n) is 2.93. The molecule has 0 fully saturated rings. The molecule has 1 amide bonds. The maximum absolute atomic E-state index is 10.8. The maximum Gasteiger partial charge on any atom is 0.430 e. The molecule has 1 aromatic rings. The van der Waals surface area contributed by atoms with Crippen molar-refractivity contribution in [1.29, 1.82) is 0 Å². The number of hydrogen-bond acceptors (Lipinski definition) is 2. The van der Waals surface area contributed by atoms with Gasteiger partial charge in [-0.15, -0.1) is 0 Å². The van der Waals surface area contributed by atoms with Gasteiger partial charge in [0.2, 0.25) is 0 Å². The quantitative estimate of drug-likeness (QED) is 0.735. The van der Waals surface area contributed by atoms with Crippen molar-refractivity contribution >= 4 is 11.8 Å². The molecule has 1 aromatic carbocycles. The van der Waals surface area contributed by atoms with Crippen LogP contribution in [0.1, 0.15) is 0 Å². The molecular formula is C10H10N2O2.